The fraction of sp³-hybridized carbons (Fsp3) is 0.346. The van der Waals surface area contributed by atoms with Crippen molar-refractivity contribution in [2.45, 2.75) is 19.3 Å². The number of hydrogen-bond acceptors (Lipinski definition) is 8. The molecule has 11 nitrogen and oxygen atoms in total. The molecular weight excluding hydrogens is 474 g/mol. The summed E-state index contributed by atoms with van der Waals surface area (Å²) in [6.45, 7) is 4.63. The third-order valence-electron chi connectivity index (χ3n) is 6.34. The van der Waals surface area contributed by atoms with Gasteiger partial charge in [0, 0.05) is 43.1 Å². The van der Waals surface area contributed by atoms with Crippen LogP contribution in [0.5, 0.6) is 0 Å². The molecule has 2 aliphatic rings. The molecule has 2 saturated heterocycles. The first-order chi connectivity index (χ1) is 18.0. The summed E-state index contributed by atoms with van der Waals surface area (Å²) in [7, 11) is 0. The largest absolute Gasteiger partial charge is 0.478 e. The number of aromatic nitrogens is 3. The Bertz CT molecular complexity index is 1200. The number of benzene rings is 2. The minimum Gasteiger partial charge on any atom is -0.478 e. The number of carbonyl (C=O) groups is 2. The topological polar surface area (TPSA) is 133 Å². The van der Waals surface area contributed by atoms with Gasteiger partial charge in [0.25, 0.3) is 0 Å². The van der Waals surface area contributed by atoms with E-state index in [1.165, 1.54) is 18.6 Å². The van der Waals surface area contributed by atoms with E-state index in [2.05, 4.69) is 20.4 Å². The van der Waals surface area contributed by atoms with Gasteiger partial charge >= 0.3 is 12.0 Å². The van der Waals surface area contributed by atoms with Gasteiger partial charge in [0.1, 0.15) is 0 Å². The number of aromatic carboxylic acids is 1. The summed E-state index contributed by atoms with van der Waals surface area (Å²) in [6.07, 6.45) is 3.47. The third kappa shape index (κ3) is 6.12. The molecule has 0 spiro atoms. The quantitative estimate of drug-likeness (QED) is 0.460. The predicted molar refractivity (Wildman–Crippen MR) is 140 cm³/mol. The number of hydrogen-bond donors (Lipinski definition) is 3. The van der Waals surface area contributed by atoms with Gasteiger partial charge in [-0.15, -0.1) is 0 Å². The van der Waals surface area contributed by atoms with Gasteiger partial charge in [0.05, 0.1) is 18.8 Å². The van der Waals surface area contributed by atoms with Crippen molar-refractivity contribution >= 4 is 35.3 Å². The molecule has 3 N–H and O–H groups in total. The maximum Gasteiger partial charge on any atom is 0.335 e. The van der Waals surface area contributed by atoms with Gasteiger partial charge in [-0.2, -0.15) is 15.0 Å². The van der Waals surface area contributed by atoms with E-state index in [1.807, 2.05) is 12.1 Å². The normalized spacial score (nSPS) is 15.8. The van der Waals surface area contributed by atoms with Crippen LogP contribution in [-0.2, 0) is 4.74 Å². The summed E-state index contributed by atoms with van der Waals surface area (Å²) in [6, 6.07) is 12.8. The van der Waals surface area contributed by atoms with E-state index in [-0.39, 0.29) is 5.56 Å². The molecule has 0 unspecified atom stereocenters. The summed E-state index contributed by atoms with van der Waals surface area (Å²) in [5.41, 5.74) is 2.07. The van der Waals surface area contributed by atoms with Crippen LogP contribution in [-0.4, -0.2) is 71.5 Å². The van der Waals surface area contributed by atoms with Crippen molar-refractivity contribution in [2.24, 2.45) is 0 Å². The first-order valence-corrected chi connectivity index (χ1v) is 12.4. The highest BCUT2D eigenvalue weighted by molar-refractivity contribution is 6.00. The molecule has 11 heteroatoms. The predicted octanol–water partition coefficient (Wildman–Crippen LogP) is 3.71. The zero-order valence-electron chi connectivity index (χ0n) is 20.4. The number of ether oxygens (including phenoxy) is 1. The average molecular weight is 504 g/mol. The number of piperidine rings is 1. The molecule has 1 aromatic heterocycles. The molecule has 2 amide bonds. The fourth-order valence-electron chi connectivity index (χ4n) is 4.32. The number of anilines is 4. The lowest BCUT2D eigenvalue weighted by Crippen LogP contribution is -2.38. The van der Waals surface area contributed by atoms with Crippen LogP contribution in [0.2, 0.25) is 0 Å². The average Bonchev–Trinajstić information content (AvgIpc) is 2.94. The highest BCUT2D eigenvalue weighted by Crippen LogP contribution is 2.25. The van der Waals surface area contributed by atoms with Gasteiger partial charge in [-0.25, -0.2) is 9.59 Å². The second-order valence-electron chi connectivity index (χ2n) is 8.95. The van der Waals surface area contributed by atoms with E-state index >= 15 is 0 Å². The van der Waals surface area contributed by atoms with E-state index < -0.39 is 12.0 Å². The highest BCUT2D eigenvalue weighted by Gasteiger charge is 2.21. The van der Waals surface area contributed by atoms with Gasteiger partial charge in [-0.3, -0.25) is 0 Å². The van der Waals surface area contributed by atoms with Crippen LogP contribution in [0.25, 0.3) is 11.4 Å². The van der Waals surface area contributed by atoms with E-state index in [1.54, 1.807) is 24.3 Å². The second-order valence-corrected chi connectivity index (χ2v) is 8.95. The summed E-state index contributed by atoms with van der Waals surface area (Å²) < 4.78 is 5.49. The van der Waals surface area contributed by atoms with Gasteiger partial charge in [-0.05, 0) is 67.8 Å². The van der Waals surface area contributed by atoms with Crippen molar-refractivity contribution in [2.75, 3.05) is 59.8 Å². The second kappa shape index (κ2) is 11.2. The standard InChI is InChI=1S/C26H29N7O4/c34-23(35)19-6-10-21(11-7-19)28-26(36)27-20-8-4-18(5-9-20)22-29-24(32-12-2-1-3-13-32)31-25(30-22)33-14-16-37-17-15-33/h4-11H,1-3,12-17H2,(H,34,35)(H2,27,28,36). The van der Waals surface area contributed by atoms with Crippen molar-refractivity contribution in [3.63, 3.8) is 0 Å². The number of nitrogens with zero attached hydrogens (tertiary/aromatic N) is 5. The maximum absolute atomic E-state index is 12.4. The van der Waals surface area contributed by atoms with E-state index in [9.17, 15) is 9.59 Å². The lowest BCUT2D eigenvalue weighted by Gasteiger charge is -2.30. The molecule has 0 aliphatic carbocycles. The molecule has 5 rings (SSSR count). The van der Waals surface area contributed by atoms with E-state index in [0.717, 1.165) is 44.6 Å². The Labute approximate surface area is 214 Å². The van der Waals surface area contributed by atoms with Crippen LogP contribution in [0.1, 0.15) is 29.6 Å². The Morgan fingerprint density at radius 1 is 0.730 bits per heavy atom. The van der Waals surface area contributed by atoms with E-state index in [4.69, 9.17) is 24.8 Å². The first kappa shape index (κ1) is 24.4. The molecule has 2 aromatic carbocycles. The molecule has 192 valence electrons. The first-order valence-electron chi connectivity index (χ1n) is 12.4. The van der Waals surface area contributed by atoms with Crippen LogP contribution in [0.3, 0.4) is 0 Å². The third-order valence-corrected chi connectivity index (χ3v) is 6.34. The fourth-order valence-corrected chi connectivity index (χ4v) is 4.32. The number of amides is 2. The van der Waals surface area contributed by atoms with Gasteiger partial charge in [-0.1, -0.05) is 0 Å². The van der Waals surface area contributed by atoms with Crippen molar-refractivity contribution in [1.82, 2.24) is 15.0 Å². The monoisotopic (exact) mass is 503 g/mol. The molecule has 0 atom stereocenters. The van der Waals surface area contributed by atoms with Crippen LogP contribution in [0.15, 0.2) is 48.5 Å². The van der Waals surface area contributed by atoms with Crippen LogP contribution >= 0.6 is 0 Å². The molecule has 0 radical (unpaired) electrons. The lowest BCUT2D eigenvalue weighted by atomic mass is 10.1. The Hall–Kier alpha value is -4.25. The molecule has 37 heavy (non-hydrogen) atoms. The smallest absolute Gasteiger partial charge is 0.335 e. The van der Waals surface area contributed by atoms with E-state index in [0.29, 0.717) is 42.3 Å². The van der Waals surface area contributed by atoms with Crippen LogP contribution in [0, 0.1) is 0 Å². The van der Waals surface area contributed by atoms with Crippen molar-refractivity contribution < 1.29 is 19.4 Å². The summed E-state index contributed by atoms with van der Waals surface area (Å²) >= 11 is 0. The number of carboxylic acid groups (broad SMARTS) is 1. The zero-order chi connectivity index (χ0) is 25.6. The van der Waals surface area contributed by atoms with Crippen molar-refractivity contribution in [3.8, 4) is 11.4 Å². The maximum atomic E-state index is 12.4. The lowest BCUT2D eigenvalue weighted by molar-refractivity contribution is 0.0697. The summed E-state index contributed by atoms with van der Waals surface area (Å²) in [4.78, 5) is 42.1. The highest BCUT2D eigenvalue weighted by atomic mass is 16.5. The van der Waals surface area contributed by atoms with Gasteiger partial charge in [0.15, 0.2) is 5.82 Å². The number of rotatable bonds is 6. The van der Waals surface area contributed by atoms with Gasteiger partial charge < -0.3 is 30.3 Å². The van der Waals surface area contributed by atoms with Crippen molar-refractivity contribution in [3.05, 3.63) is 54.1 Å². The molecule has 2 fully saturated rings. The Morgan fingerprint density at radius 3 is 1.84 bits per heavy atom. The van der Waals surface area contributed by atoms with Crippen LogP contribution < -0.4 is 20.4 Å². The van der Waals surface area contributed by atoms with Crippen LogP contribution in [0.4, 0.5) is 28.1 Å². The molecule has 0 bridgehead atoms. The molecule has 3 heterocycles. The number of nitrogens with one attached hydrogen (secondary N) is 2. The SMILES string of the molecule is O=C(Nc1ccc(C(=O)O)cc1)Nc1ccc(-c2nc(N3CCCCC3)nc(N3CCOCC3)n2)cc1. The number of urea groups is 1. The molecule has 2 aliphatic heterocycles. The number of carboxylic acids is 1. The zero-order valence-corrected chi connectivity index (χ0v) is 20.4. The summed E-state index contributed by atoms with van der Waals surface area (Å²) in [5.74, 6) is 0.923. The Balaban J connectivity index is 1.31. The van der Waals surface area contributed by atoms with Crippen molar-refractivity contribution in [1.29, 1.82) is 0 Å². The minimum atomic E-state index is -1.02. The summed E-state index contributed by atoms with van der Waals surface area (Å²) in [5, 5.41) is 14.5. The molecule has 0 saturated carbocycles. The molecular formula is C26H29N7O4. The number of morpholine rings is 1. The molecule has 3 aromatic rings. The Morgan fingerprint density at radius 2 is 1.27 bits per heavy atom. The Kier molecular flexibility index (Phi) is 7.41. The van der Waals surface area contributed by atoms with Gasteiger partial charge in [0.2, 0.25) is 11.9 Å². The minimum absolute atomic E-state index is 0.153. The number of carbonyl (C=O) groups excluding carboxylic acids is 1.